The average molecular weight is 316 g/mol. The molecule has 1 aliphatic rings. The van der Waals surface area contributed by atoms with E-state index in [0.29, 0.717) is 29.6 Å². The largest absolute Gasteiger partial charge is 0.354 e. The topological polar surface area (TPSA) is 66.5 Å². The van der Waals surface area contributed by atoms with Crippen LogP contribution < -0.4 is 5.32 Å². The predicted octanol–water partition coefficient (Wildman–Crippen LogP) is 1.67. The number of hydrogen-bond donors (Lipinski definition) is 1. The summed E-state index contributed by atoms with van der Waals surface area (Å²) in [5, 5.41) is 4.56. The Morgan fingerprint density at radius 1 is 1.55 bits per heavy atom. The quantitative estimate of drug-likeness (QED) is 0.898. The van der Waals surface area contributed by atoms with Gasteiger partial charge in [0.1, 0.15) is 10.3 Å². The van der Waals surface area contributed by atoms with E-state index in [0.717, 1.165) is 6.42 Å². The van der Waals surface area contributed by atoms with Gasteiger partial charge in [-0.05, 0) is 30.2 Å². The van der Waals surface area contributed by atoms with Crippen LogP contribution in [0.15, 0.2) is 21.7 Å². The molecule has 2 rings (SSSR count). The Balaban J connectivity index is 2.13. The first-order valence-electron chi connectivity index (χ1n) is 6.76. The average Bonchev–Trinajstić information content (AvgIpc) is 3.06. The van der Waals surface area contributed by atoms with Crippen molar-refractivity contribution < 1.29 is 13.2 Å². The first-order valence-corrected chi connectivity index (χ1v) is 9.08. The SMILES string of the molecule is CC(C)CNC(=O)[C@H]1CCCN1S(=O)(=O)c1cccs1. The van der Waals surface area contributed by atoms with Crippen molar-refractivity contribution in [3.8, 4) is 0 Å². The predicted molar refractivity (Wildman–Crippen MR) is 79.1 cm³/mol. The highest BCUT2D eigenvalue weighted by molar-refractivity contribution is 7.91. The summed E-state index contributed by atoms with van der Waals surface area (Å²) < 4.78 is 26.7. The molecule has 1 N–H and O–H groups in total. The Bertz CT molecular complexity index is 552. The number of sulfonamides is 1. The van der Waals surface area contributed by atoms with Crippen LogP contribution in [0.1, 0.15) is 26.7 Å². The third-order valence-corrected chi connectivity index (χ3v) is 6.53. The summed E-state index contributed by atoms with van der Waals surface area (Å²) in [5.41, 5.74) is 0. The van der Waals surface area contributed by atoms with Gasteiger partial charge in [0, 0.05) is 13.1 Å². The molecular weight excluding hydrogens is 296 g/mol. The maximum absolute atomic E-state index is 12.5. The molecule has 5 nitrogen and oxygen atoms in total. The number of carbonyl (C=O) groups excluding carboxylic acids is 1. The highest BCUT2D eigenvalue weighted by Crippen LogP contribution is 2.28. The Kier molecular flexibility index (Phi) is 4.82. The van der Waals surface area contributed by atoms with Crippen LogP contribution in [0.4, 0.5) is 0 Å². The molecule has 0 unspecified atom stereocenters. The van der Waals surface area contributed by atoms with Crippen molar-refractivity contribution in [2.45, 2.75) is 36.9 Å². The summed E-state index contributed by atoms with van der Waals surface area (Å²) in [7, 11) is -3.54. The third-order valence-electron chi connectivity index (χ3n) is 3.25. The lowest BCUT2D eigenvalue weighted by Gasteiger charge is -2.23. The lowest BCUT2D eigenvalue weighted by atomic mass is 10.2. The second-order valence-corrected chi connectivity index (χ2v) is 8.41. The van der Waals surface area contributed by atoms with E-state index in [9.17, 15) is 13.2 Å². The van der Waals surface area contributed by atoms with Gasteiger partial charge in [0.15, 0.2) is 0 Å². The van der Waals surface area contributed by atoms with Crippen molar-refractivity contribution in [3.63, 3.8) is 0 Å². The van der Waals surface area contributed by atoms with Crippen LogP contribution in [0.2, 0.25) is 0 Å². The van der Waals surface area contributed by atoms with Gasteiger partial charge in [-0.15, -0.1) is 11.3 Å². The van der Waals surface area contributed by atoms with Gasteiger partial charge in [0.25, 0.3) is 10.0 Å². The van der Waals surface area contributed by atoms with Gasteiger partial charge in [0.05, 0.1) is 0 Å². The molecule has 1 saturated heterocycles. The number of amides is 1. The minimum atomic E-state index is -3.54. The molecule has 0 radical (unpaired) electrons. The van der Waals surface area contributed by atoms with Gasteiger partial charge < -0.3 is 5.32 Å². The lowest BCUT2D eigenvalue weighted by Crippen LogP contribution is -2.46. The van der Waals surface area contributed by atoms with Crippen molar-refractivity contribution in [1.29, 1.82) is 0 Å². The van der Waals surface area contributed by atoms with E-state index in [4.69, 9.17) is 0 Å². The fraction of sp³-hybridized carbons (Fsp3) is 0.615. The van der Waals surface area contributed by atoms with Gasteiger partial charge in [-0.1, -0.05) is 19.9 Å². The number of nitrogens with one attached hydrogen (secondary N) is 1. The van der Waals surface area contributed by atoms with Crippen molar-refractivity contribution in [2.24, 2.45) is 5.92 Å². The van der Waals surface area contributed by atoms with Gasteiger partial charge in [-0.25, -0.2) is 8.42 Å². The minimum Gasteiger partial charge on any atom is -0.354 e. The summed E-state index contributed by atoms with van der Waals surface area (Å²) in [5.74, 6) is 0.166. The second-order valence-electron chi connectivity index (χ2n) is 5.34. The highest BCUT2D eigenvalue weighted by atomic mass is 32.2. The molecule has 0 aliphatic carbocycles. The van der Waals surface area contributed by atoms with Crippen molar-refractivity contribution >= 4 is 27.3 Å². The molecule has 112 valence electrons. The zero-order valence-electron chi connectivity index (χ0n) is 11.7. The van der Waals surface area contributed by atoms with Crippen molar-refractivity contribution in [1.82, 2.24) is 9.62 Å². The zero-order valence-corrected chi connectivity index (χ0v) is 13.3. The van der Waals surface area contributed by atoms with Crippen LogP contribution in [0.3, 0.4) is 0 Å². The van der Waals surface area contributed by atoms with E-state index in [2.05, 4.69) is 5.32 Å². The van der Waals surface area contributed by atoms with Crippen LogP contribution in [0.25, 0.3) is 0 Å². The summed E-state index contributed by atoms with van der Waals surface area (Å²) in [6.45, 7) is 5.01. The van der Waals surface area contributed by atoms with E-state index >= 15 is 0 Å². The van der Waals surface area contributed by atoms with Crippen LogP contribution in [-0.4, -0.2) is 37.8 Å². The molecule has 0 saturated carbocycles. The summed E-state index contributed by atoms with van der Waals surface area (Å²) in [6.07, 6.45) is 1.32. The van der Waals surface area contributed by atoms with E-state index in [1.54, 1.807) is 17.5 Å². The number of rotatable bonds is 5. The smallest absolute Gasteiger partial charge is 0.253 e. The number of hydrogen-bond acceptors (Lipinski definition) is 4. The highest BCUT2D eigenvalue weighted by Gasteiger charge is 2.39. The van der Waals surface area contributed by atoms with Crippen LogP contribution in [0, 0.1) is 5.92 Å². The summed E-state index contributed by atoms with van der Waals surface area (Å²) in [6, 6.07) is 2.73. The van der Waals surface area contributed by atoms with Gasteiger partial charge >= 0.3 is 0 Å². The molecule has 1 atom stereocenters. The molecule has 1 aromatic rings. The second kappa shape index (κ2) is 6.24. The van der Waals surface area contributed by atoms with Crippen molar-refractivity contribution in [3.05, 3.63) is 17.5 Å². The standard InChI is InChI=1S/C13H20N2O3S2/c1-10(2)9-14-13(16)11-5-3-7-15(11)20(17,18)12-6-4-8-19-12/h4,6,8,10-11H,3,5,7,9H2,1-2H3,(H,14,16)/t11-/m1/s1. The maximum Gasteiger partial charge on any atom is 0.253 e. The Labute approximate surface area is 124 Å². The Morgan fingerprint density at radius 2 is 2.30 bits per heavy atom. The van der Waals surface area contributed by atoms with Crippen molar-refractivity contribution in [2.75, 3.05) is 13.1 Å². The van der Waals surface area contributed by atoms with Crippen LogP contribution >= 0.6 is 11.3 Å². The fourth-order valence-electron chi connectivity index (χ4n) is 2.24. The van der Waals surface area contributed by atoms with Crippen LogP contribution in [-0.2, 0) is 14.8 Å². The molecule has 0 aromatic carbocycles. The summed E-state index contributed by atoms with van der Waals surface area (Å²) >= 11 is 1.19. The zero-order chi connectivity index (χ0) is 14.8. The van der Waals surface area contributed by atoms with Gasteiger partial charge in [0.2, 0.25) is 5.91 Å². The van der Waals surface area contributed by atoms with E-state index in [-0.39, 0.29) is 5.91 Å². The molecular formula is C13H20N2O3S2. The molecule has 2 heterocycles. The fourth-order valence-corrected chi connectivity index (χ4v) is 5.01. The minimum absolute atomic E-state index is 0.184. The Hall–Kier alpha value is -0.920. The van der Waals surface area contributed by atoms with Gasteiger partial charge in [-0.3, -0.25) is 4.79 Å². The maximum atomic E-state index is 12.5. The molecule has 0 spiro atoms. The van der Waals surface area contributed by atoms with E-state index in [1.807, 2.05) is 13.8 Å². The normalized spacial score (nSPS) is 20.4. The molecule has 1 amide bonds. The number of carbonyl (C=O) groups is 1. The molecule has 1 fully saturated rings. The molecule has 0 bridgehead atoms. The van der Waals surface area contributed by atoms with Crippen LogP contribution in [0.5, 0.6) is 0 Å². The third kappa shape index (κ3) is 3.21. The Morgan fingerprint density at radius 3 is 2.90 bits per heavy atom. The first kappa shape index (κ1) is 15.5. The lowest BCUT2D eigenvalue weighted by molar-refractivity contribution is -0.124. The molecule has 7 heteroatoms. The molecule has 20 heavy (non-hydrogen) atoms. The van der Waals surface area contributed by atoms with E-state index < -0.39 is 16.1 Å². The number of nitrogens with zero attached hydrogens (tertiary/aromatic N) is 1. The van der Waals surface area contributed by atoms with Gasteiger partial charge in [-0.2, -0.15) is 4.31 Å². The van der Waals surface area contributed by atoms with E-state index in [1.165, 1.54) is 15.6 Å². The molecule has 1 aliphatic heterocycles. The molecule has 1 aromatic heterocycles. The summed E-state index contributed by atoms with van der Waals surface area (Å²) in [4.78, 5) is 12.2. The first-order chi connectivity index (χ1) is 9.43. The number of thiophene rings is 1. The monoisotopic (exact) mass is 316 g/mol.